The van der Waals surface area contributed by atoms with Crippen LogP contribution in [0.15, 0.2) is 82.5 Å². The minimum Gasteiger partial charge on any atom is -0.493 e. The van der Waals surface area contributed by atoms with E-state index in [1.165, 1.54) is 6.21 Å². The summed E-state index contributed by atoms with van der Waals surface area (Å²) in [6.45, 7) is 0.408. The van der Waals surface area contributed by atoms with Crippen molar-refractivity contribution >= 4 is 12.1 Å². The predicted molar refractivity (Wildman–Crippen MR) is 115 cm³/mol. The molecular formula is C23H20N4O4. The number of amides is 1. The van der Waals surface area contributed by atoms with Gasteiger partial charge in [0.1, 0.15) is 12.3 Å². The number of carbonyl (C=O) groups is 1. The van der Waals surface area contributed by atoms with Crippen LogP contribution in [0, 0.1) is 0 Å². The van der Waals surface area contributed by atoms with Gasteiger partial charge in [-0.1, -0.05) is 30.3 Å². The van der Waals surface area contributed by atoms with Gasteiger partial charge in [-0.3, -0.25) is 9.89 Å². The van der Waals surface area contributed by atoms with E-state index in [-0.39, 0.29) is 5.69 Å². The number of benzene rings is 2. The third-order valence-electron chi connectivity index (χ3n) is 4.40. The van der Waals surface area contributed by atoms with Crippen LogP contribution in [-0.4, -0.2) is 29.4 Å². The Balaban J connectivity index is 1.39. The van der Waals surface area contributed by atoms with Crippen LogP contribution in [-0.2, 0) is 6.61 Å². The SMILES string of the molecule is COc1ccc(/C=N\NC(=O)c2cc(-c3ccco3)[nH]n2)cc1OCc1ccccc1. The zero-order valence-corrected chi connectivity index (χ0v) is 16.7. The molecule has 4 rings (SSSR count). The molecule has 0 aliphatic heterocycles. The van der Waals surface area contributed by atoms with E-state index >= 15 is 0 Å². The van der Waals surface area contributed by atoms with Gasteiger partial charge in [0.2, 0.25) is 0 Å². The Bertz CT molecular complexity index is 1170. The maximum Gasteiger partial charge on any atom is 0.291 e. The molecule has 8 nitrogen and oxygen atoms in total. The van der Waals surface area contributed by atoms with Crippen molar-refractivity contribution in [1.82, 2.24) is 15.6 Å². The van der Waals surface area contributed by atoms with Crippen LogP contribution in [0.2, 0.25) is 0 Å². The highest BCUT2D eigenvalue weighted by molar-refractivity contribution is 5.94. The first kappa shape index (κ1) is 20.0. The van der Waals surface area contributed by atoms with E-state index in [0.29, 0.717) is 29.6 Å². The number of aromatic nitrogens is 2. The van der Waals surface area contributed by atoms with Crippen LogP contribution in [0.1, 0.15) is 21.6 Å². The van der Waals surface area contributed by atoms with Crippen molar-refractivity contribution in [2.24, 2.45) is 5.10 Å². The minimum absolute atomic E-state index is 0.199. The summed E-state index contributed by atoms with van der Waals surface area (Å²) >= 11 is 0. The average Bonchev–Trinajstić information content (AvgIpc) is 3.50. The highest BCUT2D eigenvalue weighted by atomic mass is 16.5. The van der Waals surface area contributed by atoms with Gasteiger partial charge in [0, 0.05) is 6.07 Å². The number of hydrazone groups is 1. The lowest BCUT2D eigenvalue weighted by molar-refractivity contribution is 0.0950. The second-order valence-electron chi connectivity index (χ2n) is 6.53. The molecule has 2 N–H and O–H groups in total. The fraction of sp³-hybridized carbons (Fsp3) is 0.0870. The lowest BCUT2D eigenvalue weighted by Gasteiger charge is -2.11. The molecule has 0 aliphatic rings. The fourth-order valence-corrected chi connectivity index (χ4v) is 2.84. The van der Waals surface area contributed by atoms with Gasteiger partial charge >= 0.3 is 0 Å². The summed E-state index contributed by atoms with van der Waals surface area (Å²) in [6.07, 6.45) is 3.07. The third-order valence-corrected chi connectivity index (χ3v) is 4.40. The Morgan fingerprint density at radius 1 is 1.13 bits per heavy atom. The number of H-pyrrole nitrogens is 1. The maximum absolute atomic E-state index is 12.3. The number of methoxy groups -OCH3 is 1. The van der Waals surface area contributed by atoms with Gasteiger partial charge in [0.05, 0.1) is 19.6 Å². The summed E-state index contributed by atoms with van der Waals surface area (Å²) in [6, 6.07) is 20.3. The largest absolute Gasteiger partial charge is 0.493 e. The zero-order valence-electron chi connectivity index (χ0n) is 16.7. The van der Waals surface area contributed by atoms with Crippen LogP contribution < -0.4 is 14.9 Å². The smallest absolute Gasteiger partial charge is 0.291 e. The summed E-state index contributed by atoms with van der Waals surface area (Å²) in [5.41, 5.74) is 5.05. The molecule has 0 saturated carbocycles. The van der Waals surface area contributed by atoms with Gasteiger partial charge < -0.3 is 13.9 Å². The molecule has 156 valence electrons. The Hall–Kier alpha value is -4.33. The zero-order chi connectivity index (χ0) is 21.5. The van der Waals surface area contributed by atoms with E-state index in [9.17, 15) is 4.79 Å². The van der Waals surface area contributed by atoms with Crippen LogP contribution in [0.4, 0.5) is 0 Å². The highest BCUT2D eigenvalue weighted by Gasteiger charge is 2.12. The van der Waals surface area contributed by atoms with Crippen LogP contribution in [0.5, 0.6) is 11.5 Å². The molecule has 0 bridgehead atoms. The quantitative estimate of drug-likeness (QED) is 0.334. The van der Waals surface area contributed by atoms with Crippen LogP contribution in [0.3, 0.4) is 0 Å². The molecule has 0 spiro atoms. The molecular weight excluding hydrogens is 396 g/mol. The summed E-state index contributed by atoms with van der Waals surface area (Å²) in [7, 11) is 1.58. The van der Waals surface area contributed by atoms with Crippen molar-refractivity contribution in [1.29, 1.82) is 0 Å². The van der Waals surface area contributed by atoms with E-state index in [4.69, 9.17) is 13.9 Å². The van der Waals surface area contributed by atoms with Crippen LogP contribution in [0.25, 0.3) is 11.5 Å². The number of hydrogen-bond donors (Lipinski definition) is 2. The van der Waals surface area contributed by atoms with Gasteiger partial charge in [-0.15, -0.1) is 0 Å². The molecule has 2 heterocycles. The minimum atomic E-state index is -0.445. The summed E-state index contributed by atoms with van der Waals surface area (Å²) in [5.74, 6) is 1.34. The second kappa shape index (κ2) is 9.45. The number of ether oxygens (including phenoxy) is 2. The number of rotatable bonds is 8. The van der Waals surface area contributed by atoms with Crippen molar-refractivity contribution in [3.63, 3.8) is 0 Å². The first-order chi connectivity index (χ1) is 15.2. The first-order valence-corrected chi connectivity index (χ1v) is 9.50. The first-order valence-electron chi connectivity index (χ1n) is 9.50. The van der Waals surface area contributed by atoms with Crippen molar-refractivity contribution in [2.45, 2.75) is 6.61 Å². The molecule has 0 saturated heterocycles. The highest BCUT2D eigenvalue weighted by Crippen LogP contribution is 2.28. The Morgan fingerprint density at radius 3 is 2.77 bits per heavy atom. The Labute approximate surface area is 178 Å². The number of carbonyl (C=O) groups excluding carboxylic acids is 1. The number of aromatic amines is 1. The molecule has 2 aromatic heterocycles. The molecule has 8 heteroatoms. The third kappa shape index (κ3) is 4.99. The van der Waals surface area contributed by atoms with Gasteiger partial charge in [-0.25, -0.2) is 5.43 Å². The average molecular weight is 416 g/mol. The van der Waals surface area contributed by atoms with Crippen molar-refractivity contribution < 1.29 is 18.7 Å². The molecule has 0 atom stereocenters. The van der Waals surface area contributed by atoms with Crippen molar-refractivity contribution in [3.05, 3.63) is 89.8 Å². The van der Waals surface area contributed by atoms with E-state index in [2.05, 4.69) is 20.7 Å². The van der Waals surface area contributed by atoms with Gasteiger partial charge in [0.15, 0.2) is 23.0 Å². The maximum atomic E-state index is 12.3. The predicted octanol–water partition coefficient (Wildman–Crippen LogP) is 4.02. The number of nitrogens with zero attached hydrogens (tertiary/aromatic N) is 2. The number of hydrogen-bond acceptors (Lipinski definition) is 6. The lowest BCUT2D eigenvalue weighted by atomic mass is 10.2. The lowest BCUT2D eigenvalue weighted by Crippen LogP contribution is -2.18. The summed E-state index contributed by atoms with van der Waals surface area (Å²) < 4.78 is 16.5. The number of nitrogens with one attached hydrogen (secondary N) is 2. The van der Waals surface area contributed by atoms with E-state index in [1.807, 2.05) is 36.4 Å². The normalized spacial score (nSPS) is 10.9. The molecule has 2 aromatic carbocycles. The van der Waals surface area contributed by atoms with E-state index in [1.54, 1.807) is 43.7 Å². The van der Waals surface area contributed by atoms with Crippen molar-refractivity contribution in [3.8, 4) is 23.0 Å². The van der Waals surface area contributed by atoms with Crippen molar-refractivity contribution in [2.75, 3.05) is 7.11 Å². The second-order valence-corrected chi connectivity index (χ2v) is 6.53. The van der Waals surface area contributed by atoms with Gasteiger partial charge in [-0.05, 0) is 41.5 Å². The number of furan rings is 1. The van der Waals surface area contributed by atoms with Gasteiger partial charge in [-0.2, -0.15) is 10.2 Å². The summed E-state index contributed by atoms with van der Waals surface area (Å²) in [5, 5.41) is 10.7. The molecule has 31 heavy (non-hydrogen) atoms. The molecule has 0 aliphatic carbocycles. The molecule has 0 unspecified atom stereocenters. The fourth-order valence-electron chi connectivity index (χ4n) is 2.84. The molecule has 0 radical (unpaired) electrons. The van der Waals surface area contributed by atoms with E-state index in [0.717, 1.165) is 11.1 Å². The Kier molecular flexibility index (Phi) is 6.08. The molecule has 4 aromatic rings. The van der Waals surface area contributed by atoms with Crippen LogP contribution >= 0.6 is 0 Å². The Morgan fingerprint density at radius 2 is 2.00 bits per heavy atom. The van der Waals surface area contributed by atoms with E-state index < -0.39 is 5.91 Å². The standard InChI is InChI=1S/C23H20N4O4/c1-29-21-10-9-17(12-22(21)31-15-16-6-3-2-4-7-16)14-24-27-23(28)19-13-18(25-26-19)20-8-5-11-30-20/h2-14H,15H2,1H3,(H,25,26)(H,27,28)/b24-14-. The monoisotopic (exact) mass is 416 g/mol. The van der Waals surface area contributed by atoms with Gasteiger partial charge in [0.25, 0.3) is 5.91 Å². The summed E-state index contributed by atoms with van der Waals surface area (Å²) in [4.78, 5) is 12.3. The molecule has 0 fully saturated rings. The topological polar surface area (TPSA) is 102 Å². The molecule has 1 amide bonds.